The zero-order valence-electron chi connectivity index (χ0n) is 24.3. The van der Waals surface area contributed by atoms with E-state index in [1.807, 2.05) is 31.2 Å². The maximum Gasteiger partial charge on any atom is 0.301 e. The summed E-state index contributed by atoms with van der Waals surface area (Å²) < 4.78 is 16.7. The fourth-order valence-electron chi connectivity index (χ4n) is 5.01. The number of benzene rings is 3. The van der Waals surface area contributed by atoms with Crippen LogP contribution < -0.4 is 19.1 Å². The molecule has 4 aromatic rings. The first-order valence-electron chi connectivity index (χ1n) is 13.4. The second-order valence-electron chi connectivity index (χ2n) is 10.1. The van der Waals surface area contributed by atoms with E-state index in [9.17, 15) is 19.5 Å². The highest BCUT2D eigenvalue weighted by molar-refractivity contribution is 7.18. The number of aliphatic hydroxyl groups excluding tert-OH is 1. The maximum absolute atomic E-state index is 13.6. The molecule has 0 spiro atoms. The molecule has 10 heteroatoms. The number of aryl methyl sites for hydroxylation is 2. The maximum atomic E-state index is 13.6. The van der Waals surface area contributed by atoms with Gasteiger partial charge in [0.1, 0.15) is 18.1 Å². The van der Waals surface area contributed by atoms with Gasteiger partial charge in [-0.25, -0.2) is 4.98 Å². The SMILES string of the molecule is COc1ccc(C2C(=C(O)c3ccc(OCc4cccc(C)c4)cc3)C(=O)C(=O)N2c2nc(C)c(C(C)=O)s2)cc1OC. The van der Waals surface area contributed by atoms with Crippen molar-refractivity contribution in [3.63, 3.8) is 0 Å². The minimum atomic E-state index is -1.05. The molecule has 3 aromatic carbocycles. The Bertz CT molecular complexity index is 1760. The van der Waals surface area contributed by atoms with Crippen molar-refractivity contribution >= 4 is 39.7 Å². The van der Waals surface area contributed by atoms with Crippen LogP contribution in [0.2, 0.25) is 0 Å². The first-order valence-corrected chi connectivity index (χ1v) is 14.2. The number of anilines is 1. The molecule has 1 saturated heterocycles. The van der Waals surface area contributed by atoms with Gasteiger partial charge in [0.2, 0.25) is 0 Å². The number of rotatable bonds is 9. The van der Waals surface area contributed by atoms with Crippen molar-refractivity contribution in [1.29, 1.82) is 0 Å². The number of nitrogens with zero attached hydrogens (tertiary/aromatic N) is 2. The Kier molecular flexibility index (Phi) is 8.31. The van der Waals surface area contributed by atoms with Gasteiger partial charge in [0.15, 0.2) is 22.4 Å². The number of hydrogen-bond donors (Lipinski definition) is 1. The molecule has 1 aromatic heterocycles. The van der Waals surface area contributed by atoms with Crippen molar-refractivity contribution in [1.82, 2.24) is 4.98 Å². The first-order chi connectivity index (χ1) is 20.6. The van der Waals surface area contributed by atoms with E-state index in [1.54, 1.807) is 49.4 Å². The molecule has 43 heavy (non-hydrogen) atoms. The van der Waals surface area contributed by atoms with Gasteiger partial charge in [-0.05, 0) is 61.4 Å². The molecule has 1 atom stereocenters. The summed E-state index contributed by atoms with van der Waals surface area (Å²) in [4.78, 5) is 45.3. The second-order valence-corrected chi connectivity index (χ2v) is 11.0. The van der Waals surface area contributed by atoms with Crippen LogP contribution >= 0.6 is 11.3 Å². The summed E-state index contributed by atoms with van der Waals surface area (Å²) in [5, 5.41) is 11.7. The van der Waals surface area contributed by atoms with Crippen LogP contribution in [0.4, 0.5) is 5.13 Å². The molecular weight excluding hydrogens is 568 g/mol. The molecule has 0 aliphatic carbocycles. The van der Waals surface area contributed by atoms with Crippen LogP contribution in [-0.2, 0) is 16.2 Å². The predicted octanol–water partition coefficient (Wildman–Crippen LogP) is 6.19. The lowest BCUT2D eigenvalue weighted by atomic mass is 9.95. The van der Waals surface area contributed by atoms with E-state index in [1.165, 1.54) is 26.0 Å². The third-order valence-corrected chi connectivity index (χ3v) is 8.35. The van der Waals surface area contributed by atoms with Gasteiger partial charge in [-0.15, -0.1) is 0 Å². The number of ether oxygens (including phenoxy) is 3. The monoisotopic (exact) mass is 598 g/mol. The number of carbonyl (C=O) groups is 3. The van der Waals surface area contributed by atoms with Crippen LogP contribution in [0.3, 0.4) is 0 Å². The lowest BCUT2D eigenvalue weighted by molar-refractivity contribution is -0.132. The first kappa shape index (κ1) is 29.5. The number of aliphatic hydroxyl groups is 1. The van der Waals surface area contributed by atoms with Gasteiger partial charge in [-0.2, -0.15) is 0 Å². The van der Waals surface area contributed by atoms with Gasteiger partial charge >= 0.3 is 5.91 Å². The van der Waals surface area contributed by atoms with Crippen LogP contribution in [0.5, 0.6) is 17.2 Å². The average Bonchev–Trinajstić information content (AvgIpc) is 3.52. The Balaban J connectivity index is 1.57. The topological polar surface area (TPSA) is 115 Å². The Morgan fingerprint density at radius 2 is 1.70 bits per heavy atom. The summed E-state index contributed by atoms with van der Waals surface area (Å²) in [6, 6.07) is 18.6. The number of thiazole rings is 1. The van der Waals surface area contributed by atoms with Crippen molar-refractivity contribution in [2.45, 2.75) is 33.4 Å². The van der Waals surface area contributed by atoms with Gasteiger partial charge in [-0.3, -0.25) is 19.3 Å². The normalized spacial score (nSPS) is 15.9. The highest BCUT2D eigenvalue weighted by Crippen LogP contribution is 2.45. The van der Waals surface area contributed by atoms with E-state index < -0.39 is 17.7 Å². The Morgan fingerprint density at radius 1 is 0.977 bits per heavy atom. The summed E-state index contributed by atoms with van der Waals surface area (Å²) in [5.74, 6) is -0.910. The smallest absolute Gasteiger partial charge is 0.301 e. The average molecular weight is 599 g/mol. The van der Waals surface area contributed by atoms with Gasteiger partial charge in [0, 0.05) is 12.5 Å². The van der Waals surface area contributed by atoms with Gasteiger partial charge in [0.25, 0.3) is 5.78 Å². The van der Waals surface area contributed by atoms with E-state index in [0.717, 1.165) is 22.5 Å². The van der Waals surface area contributed by atoms with E-state index in [2.05, 4.69) is 4.98 Å². The highest BCUT2D eigenvalue weighted by atomic mass is 32.1. The Hall–Kier alpha value is -4.96. The minimum Gasteiger partial charge on any atom is -0.507 e. The standard InChI is InChI=1S/C33H30N2O7S/c1-18-7-6-8-21(15-18)17-42-24-12-9-22(10-13-24)29(37)27-28(23-11-14-25(40-4)26(16-23)41-5)35(32(39)30(27)38)33-34-19(2)31(43-33)20(3)36/h6-16,28,37H,17H2,1-5H3. The summed E-state index contributed by atoms with van der Waals surface area (Å²) in [7, 11) is 2.98. The Morgan fingerprint density at radius 3 is 2.33 bits per heavy atom. The van der Waals surface area contributed by atoms with Crippen molar-refractivity contribution in [2.75, 3.05) is 19.1 Å². The van der Waals surface area contributed by atoms with Crippen LogP contribution in [0.1, 0.15) is 50.6 Å². The van der Waals surface area contributed by atoms with Crippen molar-refractivity contribution in [3.8, 4) is 17.2 Å². The van der Waals surface area contributed by atoms with Crippen molar-refractivity contribution in [2.24, 2.45) is 0 Å². The van der Waals surface area contributed by atoms with E-state index in [0.29, 0.717) is 45.6 Å². The number of Topliss-reactive ketones (excluding diaryl/α,β-unsaturated/α-hetero) is 2. The number of aromatic nitrogens is 1. The molecule has 0 saturated carbocycles. The number of ketones is 2. The molecule has 2 heterocycles. The quantitative estimate of drug-likeness (QED) is 0.105. The zero-order valence-corrected chi connectivity index (χ0v) is 25.2. The second kappa shape index (κ2) is 12.1. The molecule has 220 valence electrons. The van der Waals surface area contributed by atoms with Crippen LogP contribution in [0.15, 0.2) is 72.3 Å². The molecule has 0 radical (unpaired) electrons. The molecule has 1 unspecified atom stereocenters. The predicted molar refractivity (Wildman–Crippen MR) is 163 cm³/mol. The fraction of sp³-hybridized carbons (Fsp3) is 0.212. The molecular formula is C33H30N2O7S. The molecule has 1 fully saturated rings. The third kappa shape index (κ3) is 5.74. The summed E-state index contributed by atoms with van der Waals surface area (Å²) in [6.07, 6.45) is 0. The largest absolute Gasteiger partial charge is 0.507 e. The highest BCUT2D eigenvalue weighted by Gasteiger charge is 2.48. The number of methoxy groups -OCH3 is 2. The van der Waals surface area contributed by atoms with Crippen LogP contribution in [0, 0.1) is 13.8 Å². The molecule has 5 rings (SSSR count). The molecule has 1 amide bonds. The number of carbonyl (C=O) groups excluding carboxylic acids is 3. The molecule has 1 aliphatic rings. The van der Waals surface area contributed by atoms with Gasteiger partial charge in [0.05, 0.1) is 36.4 Å². The van der Waals surface area contributed by atoms with Gasteiger partial charge in [-0.1, -0.05) is 47.2 Å². The number of hydrogen-bond acceptors (Lipinski definition) is 9. The Labute approximate surface area is 253 Å². The van der Waals surface area contributed by atoms with Gasteiger partial charge < -0.3 is 19.3 Å². The third-order valence-electron chi connectivity index (χ3n) is 7.09. The summed E-state index contributed by atoms with van der Waals surface area (Å²) in [6.45, 7) is 5.46. The van der Waals surface area contributed by atoms with Crippen molar-refractivity contribution in [3.05, 3.63) is 105 Å². The van der Waals surface area contributed by atoms with E-state index in [-0.39, 0.29) is 22.2 Å². The fourth-order valence-corrected chi connectivity index (χ4v) is 6.00. The molecule has 9 nitrogen and oxygen atoms in total. The number of amides is 1. The lowest BCUT2D eigenvalue weighted by Gasteiger charge is -2.23. The summed E-state index contributed by atoms with van der Waals surface area (Å²) in [5.41, 5.74) is 3.28. The lowest BCUT2D eigenvalue weighted by Crippen LogP contribution is -2.29. The molecule has 1 aliphatic heterocycles. The molecule has 1 N–H and O–H groups in total. The van der Waals surface area contributed by atoms with E-state index in [4.69, 9.17) is 14.2 Å². The molecule has 0 bridgehead atoms. The van der Waals surface area contributed by atoms with Crippen LogP contribution in [0.25, 0.3) is 5.76 Å². The van der Waals surface area contributed by atoms with E-state index >= 15 is 0 Å². The summed E-state index contributed by atoms with van der Waals surface area (Å²) >= 11 is 1.02. The van der Waals surface area contributed by atoms with Crippen molar-refractivity contribution < 1.29 is 33.7 Å². The van der Waals surface area contributed by atoms with Crippen LogP contribution in [-0.4, -0.2) is 41.8 Å². The minimum absolute atomic E-state index is 0.122. The zero-order chi connectivity index (χ0) is 30.8.